The molecular formula is C7H6BrClN2. The van der Waals surface area contributed by atoms with E-state index in [1.165, 1.54) is 5.56 Å². The minimum absolute atomic E-state index is 0.309. The first-order valence-electron chi connectivity index (χ1n) is 3.32. The lowest BCUT2D eigenvalue weighted by Gasteiger charge is -1.98. The third-order valence-electron chi connectivity index (χ3n) is 1.64. The fraction of sp³-hybridized carbons (Fsp3) is 0.286. The first-order valence-corrected chi connectivity index (χ1v) is 4.61. The maximum absolute atomic E-state index is 5.70. The van der Waals surface area contributed by atoms with E-state index in [4.69, 9.17) is 11.6 Å². The molecular weight excluding hydrogens is 227 g/mol. The number of pyridine rings is 1. The lowest BCUT2D eigenvalue weighted by atomic mass is 10.2. The SMILES string of the molecule is Clc1ccc2c(n1)NC(Br)C2. The van der Waals surface area contributed by atoms with Crippen LogP contribution in [0.4, 0.5) is 5.82 Å². The minimum Gasteiger partial charge on any atom is -0.357 e. The molecule has 1 aromatic rings. The molecule has 11 heavy (non-hydrogen) atoms. The van der Waals surface area contributed by atoms with Gasteiger partial charge in [0.15, 0.2) is 0 Å². The summed E-state index contributed by atoms with van der Waals surface area (Å²) in [6, 6.07) is 3.81. The zero-order valence-corrected chi connectivity index (χ0v) is 7.98. The second-order valence-electron chi connectivity index (χ2n) is 2.46. The monoisotopic (exact) mass is 232 g/mol. The molecule has 1 aliphatic heterocycles. The quantitative estimate of drug-likeness (QED) is 0.423. The van der Waals surface area contributed by atoms with Crippen LogP contribution in [0.25, 0.3) is 0 Å². The largest absolute Gasteiger partial charge is 0.357 e. The van der Waals surface area contributed by atoms with E-state index < -0.39 is 0 Å². The van der Waals surface area contributed by atoms with Crippen LogP contribution in [0.3, 0.4) is 0 Å². The maximum Gasteiger partial charge on any atom is 0.131 e. The maximum atomic E-state index is 5.70. The molecule has 0 aliphatic carbocycles. The van der Waals surface area contributed by atoms with E-state index in [1.54, 1.807) is 0 Å². The highest BCUT2D eigenvalue weighted by Crippen LogP contribution is 2.27. The molecule has 2 rings (SSSR count). The smallest absolute Gasteiger partial charge is 0.131 e. The molecule has 0 aromatic carbocycles. The molecule has 0 amide bonds. The number of anilines is 1. The van der Waals surface area contributed by atoms with Gasteiger partial charge in [-0.3, -0.25) is 0 Å². The van der Waals surface area contributed by atoms with Gasteiger partial charge >= 0.3 is 0 Å². The Morgan fingerprint density at radius 1 is 1.64 bits per heavy atom. The third-order valence-corrected chi connectivity index (χ3v) is 2.40. The first-order chi connectivity index (χ1) is 5.25. The fourth-order valence-corrected chi connectivity index (χ4v) is 1.86. The Morgan fingerprint density at radius 3 is 3.27 bits per heavy atom. The van der Waals surface area contributed by atoms with Crippen LogP contribution in [0.2, 0.25) is 5.15 Å². The van der Waals surface area contributed by atoms with Crippen molar-refractivity contribution in [1.29, 1.82) is 0 Å². The Kier molecular flexibility index (Phi) is 1.77. The number of hydrogen-bond donors (Lipinski definition) is 1. The summed E-state index contributed by atoms with van der Waals surface area (Å²) in [7, 11) is 0. The fourth-order valence-electron chi connectivity index (χ4n) is 1.15. The van der Waals surface area contributed by atoms with E-state index in [1.807, 2.05) is 12.1 Å². The molecule has 0 spiro atoms. The zero-order chi connectivity index (χ0) is 7.84. The van der Waals surface area contributed by atoms with Gasteiger partial charge in [0.25, 0.3) is 0 Å². The van der Waals surface area contributed by atoms with Crippen molar-refractivity contribution in [1.82, 2.24) is 4.98 Å². The van der Waals surface area contributed by atoms with E-state index in [9.17, 15) is 0 Å². The number of alkyl halides is 1. The molecule has 0 fully saturated rings. The van der Waals surface area contributed by atoms with Crippen molar-refractivity contribution in [3.8, 4) is 0 Å². The summed E-state index contributed by atoms with van der Waals surface area (Å²) in [6.45, 7) is 0. The van der Waals surface area contributed by atoms with Crippen molar-refractivity contribution in [2.45, 2.75) is 11.4 Å². The minimum atomic E-state index is 0.309. The molecule has 1 atom stereocenters. The molecule has 1 aliphatic rings. The summed E-state index contributed by atoms with van der Waals surface area (Å²) >= 11 is 9.15. The second-order valence-corrected chi connectivity index (χ2v) is 3.95. The van der Waals surface area contributed by atoms with Crippen LogP contribution in [-0.4, -0.2) is 9.94 Å². The number of fused-ring (bicyclic) bond motifs is 1. The Hall–Kier alpha value is -0.280. The zero-order valence-electron chi connectivity index (χ0n) is 5.64. The molecule has 2 nitrogen and oxygen atoms in total. The van der Waals surface area contributed by atoms with Gasteiger partial charge in [-0.2, -0.15) is 0 Å². The molecule has 0 saturated carbocycles. The summed E-state index contributed by atoms with van der Waals surface area (Å²) in [6.07, 6.45) is 0.972. The topological polar surface area (TPSA) is 24.9 Å². The van der Waals surface area contributed by atoms with Gasteiger partial charge in [0.1, 0.15) is 11.0 Å². The highest BCUT2D eigenvalue weighted by atomic mass is 79.9. The number of hydrogen-bond acceptors (Lipinski definition) is 2. The molecule has 4 heteroatoms. The molecule has 1 N–H and O–H groups in total. The number of nitrogens with one attached hydrogen (secondary N) is 1. The standard InChI is InChI=1S/C7H6BrClN2/c8-5-3-4-1-2-6(9)11-7(4)10-5/h1-2,5H,3H2,(H,10,11). The summed E-state index contributed by atoms with van der Waals surface area (Å²) in [5.74, 6) is 0.902. The lowest BCUT2D eigenvalue weighted by molar-refractivity contribution is 1.05. The third kappa shape index (κ3) is 1.35. The summed E-state index contributed by atoms with van der Waals surface area (Å²) in [5, 5.41) is 3.70. The van der Waals surface area contributed by atoms with E-state index in [-0.39, 0.29) is 0 Å². The highest BCUT2D eigenvalue weighted by molar-refractivity contribution is 9.09. The van der Waals surface area contributed by atoms with Crippen molar-refractivity contribution in [2.75, 3.05) is 5.32 Å². The molecule has 0 radical (unpaired) electrons. The van der Waals surface area contributed by atoms with Crippen LogP contribution < -0.4 is 5.32 Å². The molecule has 2 heterocycles. The van der Waals surface area contributed by atoms with Gasteiger partial charge in [-0.1, -0.05) is 33.6 Å². The number of aromatic nitrogens is 1. The van der Waals surface area contributed by atoms with Gasteiger partial charge in [-0.25, -0.2) is 4.98 Å². The van der Waals surface area contributed by atoms with Gasteiger partial charge in [-0.05, 0) is 11.6 Å². The summed E-state index contributed by atoms with van der Waals surface area (Å²) in [5.41, 5.74) is 1.22. The predicted octanol–water partition coefficient (Wildman–Crippen LogP) is 2.42. The van der Waals surface area contributed by atoms with Gasteiger partial charge in [0, 0.05) is 6.42 Å². The Balaban J connectivity index is 2.43. The van der Waals surface area contributed by atoms with Gasteiger partial charge in [-0.15, -0.1) is 0 Å². The Morgan fingerprint density at radius 2 is 2.45 bits per heavy atom. The predicted molar refractivity (Wildman–Crippen MR) is 49.3 cm³/mol. The molecule has 1 aromatic heterocycles. The van der Waals surface area contributed by atoms with Crippen LogP contribution in [0.1, 0.15) is 5.56 Å². The first kappa shape index (κ1) is 7.37. The molecule has 1 unspecified atom stereocenters. The number of rotatable bonds is 0. The van der Waals surface area contributed by atoms with E-state index in [0.29, 0.717) is 10.1 Å². The summed E-state index contributed by atoms with van der Waals surface area (Å²) < 4.78 is 0. The average Bonchev–Trinajstić information content (AvgIpc) is 2.27. The molecule has 58 valence electrons. The molecule has 0 bridgehead atoms. The van der Waals surface area contributed by atoms with Crippen molar-refractivity contribution in [3.63, 3.8) is 0 Å². The number of nitrogens with zero attached hydrogens (tertiary/aromatic N) is 1. The van der Waals surface area contributed by atoms with Crippen LogP contribution in [-0.2, 0) is 6.42 Å². The highest BCUT2D eigenvalue weighted by Gasteiger charge is 2.18. The van der Waals surface area contributed by atoms with Crippen LogP contribution in [0, 0.1) is 0 Å². The van der Waals surface area contributed by atoms with E-state index >= 15 is 0 Å². The average molecular weight is 233 g/mol. The summed E-state index contributed by atoms with van der Waals surface area (Å²) in [4.78, 5) is 4.44. The normalized spacial score (nSPS) is 21.1. The molecule has 0 saturated heterocycles. The van der Waals surface area contributed by atoms with Crippen LogP contribution in [0.15, 0.2) is 12.1 Å². The van der Waals surface area contributed by atoms with Crippen molar-refractivity contribution in [3.05, 3.63) is 22.8 Å². The Bertz CT molecular complexity index is 290. The van der Waals surface area contributed by atoms with Gasteiger partial charge < -0.3 is 5.32 Å². The van der Waals surface area contributed by atoms with Crippen LogP contribution >= 0.6 is 27.5 Å². The number of halogens is 2. The van der Waals surface area contributed by atoms with Crippen molar-refractivity contribution >= 4 is 33.3 Å². The van der Waals surface area contributed by atoms with E-state index in [0.717, 1.165) is 12.2 Å². The lowest BCUT2D eigenvalue weighted by Crippen LogP contribution is -2.04. The second kappa shape index (κ2) is 2.64. The van der Waals surface area contributed by atoms with Crippen molar-refractivity contribution in [2.24, 2.45) is 0 Å². The van der Waals surface area contributed by atoms with Crippen LogP contribution in [0.5, 0.6) is 0 Å². The van der Waals surface area contributed by atoms with Gasteiger partial charge in [0.2, 0.25) is 0 Å². The van der Waals surface area contributed by atoms with E-state index in [2.05, 4.69) is 26.2 Å². The van der Waals surface area contributed by atoms with Gasteiger partial charge in [0.05, 0.1) is 4.95 Å². The Labute approximate surface area is 78.1 Å². The van der Waals surface area contributed by atoms with Crippen molar-refractivity contribution < 1.29 is 0 Å².